The first-order chi connectivity index (χ1) is 8.63. The molecule has 0 aromatic carbocycles. The van der Waals surface area contributed by atoms with Crippen molar-refractivity contribution < 1.29 is 14.7 Å². The molecule has 0 spiro atoms. The zero-order chi connectivity index (χ0) is 13.4. The van der Waals surface area contributed by atoms with Crippen molar-refractivity contribution in [1.82, 2.24) is 10.3 Å². The number of carboxylic acid groups (broad SMARTS) is 1. The van der Waals surface area contributed by atoms with E-state index in [1.165, 1.54) is 0 Å². The molecule has 18 heavy (non-hydrogen) atoms. The van der Waals surface area contributed by atoms with E-state index in [-0.39, 0.29) is 12.3 Å². The minimum absolute atomic E-state index is 0.101. The van der Waals surface area contributed by atoms with E-state index in [0.717, 1.165) is 0 Å². The number of carbonyl (C=O) groups is 2. The Morgan fingerprint density at radius 2 is 2.28 bits per heavy atom. The number of aromatic nitrogens is 1. The molecule has 0 unspecified atom stereocenters. The number of hydrogen-bond acceptors (Lipinski definition) is 4. The summed E-state index contributed by atoms with van der Waals surface area (Å²) in [5.74, 6) is -0.624. The molecule has 0 aliphatic carbocycles. The first-order valence-electron chi connectivity index (χ1n) is 5.54. The second-order valence-corrected chi connectivity index (χ2v) is 4.72. The Kier molecular flexibility index (Phi) is 6.21. The summed E-state index contributed by atoms with van der Waals surface area (Å²) in [6.45, 7) is 0. The highest BCUT2D eigenvalue weighted by Gasteiger charge is 2.19. The minimum atomic E-state index is -1.00. The number of hydrogen-bond donors (Lipinski definition) is 2. The van der Waals surface area contributed by atoms with E-state index in [2.05, 4.69) is 10.3 Å². The van der Waals surface area contributed by atoms with Gasteiger partial charge in [-0.15, -0.1) is 0 Å². The van der Waals surface area contributed by atoms with E-state index in [0.29, 0.717) is 17.9 Å². The Balaban J connectivity index is 2.48. The number of carbonyl (C=O) groups excluding carboxylic acids is 1. The molecule has 1 aromatic rings. The lowest BCUT2D eigenvalue weighted by atomic mass is 10.2. The van der Waals surface area contributed by atoms with Gasteiger partial charge in [0.05, 0.1) is 6.42 Å². The number of nitrogens with one attached hydrogen (secondary N) is 1. The van der Waals surface area contributed by atoms with E-state index in [1.807, 2.05) is 6.26 Å². The molecule has 1 amide bonds. The first-order valence-corrected chi connectivity index (χ1v) is 6.94. The predicted octanol–water partition coefficient (Wildman–Crippen LogP) is 0.947. The van der Waals surface area contributed by atoms with Gasteiger partial charge in [-0.3, -0.25) is 9.78 Å². The zero-order valence-electron chi connectivity index (χ0n) is 10.1. The summed E-state index contributed by atoms with van der Waals surface area (Å²) >= 11 is 1.55. The van der Waals surface area contributed by atoms with Gasteiger partial charge in [0.2, 0.25) is 5.91 Å². The van der Waals surface area contributed by atoms with Gasteiger partial charge in [0.15, 0.2) is 0 Å². The molecular formula is C12H16N2O3S. The smallest absolute Gasteiger partial charge is 0.326 e. The molecule has 0 bridgehead atoms. The zero-order valence-corrected chi connectivity index (χ0v) is 10.9. The van der Waals surface area contributed by atoms with Gasteiger partial charge in [-0.25, -0.2) is 4.79 Å². The molecule has 5 nitrogen and oxygen atoms in total. The summed E-state index contributed by atoms with van der Waals surface area (Å²) < 4.78 is 0. The second kappa shape index (κ2) is 7.71. The van der Waals surface area contributed by atoms with Crippen LogP contribution in [0.4, 0.5) is 0 Å². The molecule has 6 heteroatoms. The third-order valence-corrected chi connectivity index (χ3v) is 2.96. The van der Waals surface area contributed by atoms with Gasteiger partial charge in [-0.1, -0.05) is 6.07 Å². The van der Waals surface area contributed by atoms with Crippen molar-refractivity contribution in [2.75, 3.05) is 12.0 Å². The largest absolute Gasteiger partial charge is 0.480 e. The number of carboxylic acids is 1. The Labute approximate surface area is 110 Å². The third kappa shape index (κ3) is 5.18. The molecule has 0 radical (unpaired) electrons. The maximum absolute atomic E-state index is 11.7. The Morgan fingerprint density at radius 3 is 2.83 bits per heavy atom. The molecule has 0 saturated heterocycles. The lowest BCUT2D eigenvalue weighted by Crippen LogP contribution is -2.41. The van der Waals surface area contributed by atoms with Crippen LogP contribution in [0.3, 0.4) is 0 Å². The Morgan fingerprint density at radius 1 is 1.50 bits per heavy atom. The fourth-order valence-electron chi connectivity index (χ4n) is 1.41. The van der Waals surface area contributed by atoms with Crippen LogP contribution in [-0.2, 0) is 16.0 Å². The quantitative estimate of drug-likeness (QED) is 0.769. The highest BCUT2D eigenvalue weighted by atomic mass is 32.2. The molecule has 1 aromatic heterocycles. The highest BCUT2D eigenvalue weighted by Crippen LogP contribution is 2.02. The van der Waals surface area contributed by atoms with Crippen molar-refractivity contribution in [3.8, 4) is 0 Å². The fraction of sp³-hybridized carbons (Fsp3) is 0.417. The van der Waals surface area contributed by atoms with Crippen molar-refractivity contribution in [2.24, 2.45) is 0 Å². The van der Waals surface area contributed by atoms with Crippen LogP contribution in [0.25, 0.3) is 0 Å². The van der Waals surface area contributed by atoms with Crippen LogP contribution in [0.15, 0.2) is 24.4 Å². The maximum Gasteiger partial charge on any atom is 0.326 e. The molecule has 1 heterocycles. The van der Waals surface area contributed by atoms with Crippen LogP contribution < -0.4 is 5.32 Å². The molecule has 1 rings (SSSR count). The van der Waals surface area contributed by atoms with Crippen molar-refractivity contribution >= 4 is 23.6 Å². The van der Waals surface area contributed by atoms with Gasteiger partial charge in [0.1, 0.15) is 6.04 Å². The highest BCUT2D eigenvalue weighted by molar-refractivity contribution is 7.98. The van der Waals surface area contributed by atoms with Gasteiger partial charge >= 0.3 is 5.97 Å². The van der Waals surface area contributed by atoms with Crippen LogP contribution in [0, 0.1) is 0 Å². The van der Waals surface area contributed by atoms with Crippen LogP contribution in [0.2, 0.25) is 0 Å². The standard InChI is InChI=1S/C12H16N2O3S/c1-18-7-5-10(12(16)17)14-11(15)8-9-4-2-3-6-13-9/h2-4,6,10H,5,7-8H2,1H3,(H,14,15)(H,16,17)/t10-/m0/s1. The summed E-state index contributed by atoms with van der Waals surface area (Å²) in [6, 6.07) is 4.46. The Hall–Kier alpha value is -1.56. The molecule has 98 valence electrons. The maximum atomic E-state index is 11.7. The number of aliphatic carboxylic acids is 1. The normalized spacial score (nSPS) is 11.8. The van der Waals surface area contributed by atoms with Crippen LogP contribution in [0.1, 0.15) is 12.1 Å². The second-order valence-electron chi connectivity index (χ2n) is 3.74. The first kappa shape index (κ1) is 14.5. The van der Waals surface area contributed by atoms with E-state index < -0.39 is 12.0 Å². The minimum Gasteiger partial charge on any atom is -0.480 e. The monoisotopic (exact) mass is 268 g/mol. The van der Waals surface area contributed by atoms with E-state index in [1.54, 1.807) is 36.2 Å². The van der Waals surface area contributed by atoms with E-state index in [9.17, 15) is 9.59 Å². The number of pyridine rings is 1. The molecule has 2 N–H and O–H groups in total. The summed E-state index contributed by atoms with van der Waals surface area (Å²) in [5, 5.41) is 11.5. The number of thioether (sulfide) groups is 1. The van der Waals surface area contributed by atoms with Crippen LogP contribution >= 0.6 is 11.8 Å². The third-order valence-electron chi connectivity index (χ3n) is 2.31. The summed E-state index contributed by atoms with van der Waals surface area (Å²) in [5.41, 5.74) is 0.629. The average molecular weight is 268 g/mol. The van der Waals surface area contributed by atoms with Gasteiger partial charge in [-0.05, 0) is 30.6 Å². The molecule has 1 atom stereocenters. The van der Waals surface area contributed by atoms with Gasteiger partial charge < -0.3 is 10.4 Å². The predicted molar refractivity (Wildman–Crippen MR) is 70.5 cm³/mol. The summed E-state index contributed by atoms with van der Waals surface area (Å²) in [6.07, 6.45) is 4.02. The van der Waals surface area contributed by atoms with Crippen molar-refractivity contribution in [2.45, 2.75) is 18.9 Å². The summed E-state index contributed by atoms with van der Waals surface area (Å²) in [4.78, 5) is 26.6. The van der Waals surface area contributed by atoms with Crippen LogP contribution in [0.5, 0.6) is 0 Å². The number of amides is 1. The van der Waals surface area contributed by atoms with E-state index >= 15 is 0 Å². The van der Waals surface area contributed by atoms with Gasteiger partial charge in [0, 0.05) is 11.9 Å². The summed E-state index contributed by atoms with van der Waals surface area (Å²) in [7, 11) is 0. The van der Waals surface area contributed by atoms with Crippen LogP contribution in [-0.4, -0.2) is 40.0 Å². The number of rotatable bonds is 7. The van der Waals surface area contributed by atoms with Gasteiger partial charge in [0.25, 0.3) is 0 Å². The van der Waals surface area contributed by atoms with Crippen molar-refractivity contribution in [1.29, 1.82) is 0 Å². The Bertz CT molecular complexity index is 398. The molecule has 0 aliphatic heterocycles. The fourth-order valence-corrected chi connectivity index (χ4v) is 1.88. The van der Waals surface area contributed by atoms with Gasteiger partial charge in [-0.2, -0.15) is 11.8 Å². The topological polar surface area (TPSA) is 79.3 Å². The van der Waals surface area contributed by atoms with Crippen molar-refractivity contribution in [3.63, 3.8) is 0 Å². The SMILES string of the molecule is CSCC[C@H](NC(=O)Cc1ccccn1)C(=O)O. The average Bonchev–Trinajstić information content (AvgIpc) is 2.35. The number of nitrogens with zero attached hydrogens (tertiary/aromatic N) is 1. The van der Waals surface area contributed by atoms with Crippen molar-refractivity contribution in [3.05, 3.63) is 30.1 Å². The van der Waals surface area contributed by atoms with E-state index in [4.69, 9.17) is 5.11 Å². The lowest BCUT2D eigenvalue weighted by molar-refractivity contribution is -0.141. The molecule has 0 fully saturated rings. The molecular weight excluding hydrogens is 252 g/mol. The molecule has 0 saturated carbocycles. The lowest BCUT2D eigenvalue weighted by Gasteiger charge is -2.13. The molecule has 0 aliphatic rings.